The highest BCUT2D eigenvalue weighted by Gasteiger charge is 2.16. The first-order chi connectivity index (χ1) is 8.61. The first-order valence-electron chi connectivity index (χ1n) is 8.61. The molecule has 2 rings (SSSR count). The van der Waals surface area contributed by atoms with Gasteiger partial charge in [-0.15, -0.1) is 0 Å². The molecule has 0 bridgehead atoms. The Hall–Kier alpha value is 0. The van der Waals surface area contributed by atoms with Crippen LogP contribution in [0.5, 0.6) is 0 Å². The quantitative estimate of drug-likeness (QED) is 0.451. The van der Waals surface area contributed by atoms with Crippen LogP contribution in [0.3, 0.4) is 0 Å². The molecule has 0 aromatic rings. The fraction of sp³-hybridized carbons (Fsp3) is 1.00. The Bertz CT molecular complexity index is 133. The molecule has 0 N–H and O–H groups in total. The minimum Gasteiger partial charge on any atom is -0.0683 e. The Morgan fingerprint density at radius 3 is 0.722 bits per heavy atom. The van der Waals surface area contributed by atoms with Crippen LogP contribution in [0.1, 0.15) is 92.9 Å². The zero-order valence-corrected chi connectivity index (χ0v) is 14.0. The molecule has 0 saturated heterocycles. The molecule has 0 unspecified atom stereocenters. The van der Waals surface area contributed by atoms with Crippen LogP contribution in [-0.2, 0) is 0 Å². The summed E-state index contributed by atoms with van der Waals surface area (Å²) in [5.41, 5.74) is 0. The molecule has 18 heavy (non-hydrogen) atoms. The number of rotatable bonds is 0. The second kappa shape index (κ2) is 10.9. The highest BCUT2D eigenvalue weighted by atomic mass is 14.2. The molecular weight excluding hydrogens is 216 g/mol. The van der Waals surface area contributed by atoms with Gasteiger partial charge in [-0.25, -0.2) is 0 Å². The molecule has 2 saturated carbocycles. The summed E-state index contributed by atoms with van der Waals surface area (Å²) in [5.74, 6) is 4.01. The fourth-order valence-corrected chi connectivity index (χ4v) is 3.00. The van der Waals surface area contributed by atoms with Gasteiger partial charge >= 0.3 is 0 Å². The van der Waals surface area contributed by atoms with Gasteiger partial charge < -0.3 is 0 Å². The molecule has 0 nitrogen and oxygen atoms in total. The molecule has 0 spiro atoms. The van der Waals surface area contributed by atoms with E-state index in [1.54, 1.807) is 0 Å². The molecule has 2 aliphatic carbocycles. The summed E-state index contributed by atoms with van der Waals surface area (Å²) in [6.07, 6.45) is 11.8. The van der Waals surface area contributed by atoms with Gasteiger partial charge in [0.25, 0.3) is 0 Å². The van der Waals surface area contributed by atoms with E-state index in [1.807, 2.05) is 13.8 Å². The lowest BCUT2D eigenvalue weighted by Crippen LogP contribution is -2.12. The zero-order chi connectivity index (χ0) is 14.0. The van der Waals surface area contributed by atoms with Crippen molar-refractivity contribution in [1.82, 2.24) is 0 Å². The van der Waals surface area contributed by atoms with Crippen molar-refractivity contribution in [2.75, 3.05) is 0 Å². The Morgan fingerprint density at radius 1 is 0.444 bits per heavy atom. The molecular formula is C18H38. The maximum atomic E-state index is 2.38. The van der Waals surface area contributed by atoms with Gasteiger partial charge in [0.15, 0.2) is 0 Å². The molecule has 0 heteroatoms. The second-order valence-corrected chi connectivity index (χ2v) is 6.48. The summed E-state index contributed by atoms with van der Waals surface area (Å²) in [6, 6.07) is 0. The van der Waals surface area contributed by atoms with Crippen molar-refractivity contribution in [1.29, 1.82) is 0 Å². The van der Waals surface area contributed by atoms with Crippen LogP contribution in [0.2, 0.25) is 0 Å². The molecule has 0 radical (unpaired) electrons. The minimum atomic E-state index is 1.00. The van der Waals surface area contributed by atoms with E-state index in [4.69, 9.17) is 0 Å². The Kier molecular flexibility index (Phi) is 10.9. The molecule has 0 amide bonds. The van der Waals surface area contributed by atoms with Crippen molar-refractivity contribution in [3.63, 3.8) is 0 Å². The normalized spacial score (nSPS) is 35.7. The van der Waals surface area contributed by atoms with Gasteiger partial charge in [0.05, 0.1) is 0 Å². The standard InChI is InChI=1S/2C8H16.C2H6/c2*1-7-5-3-4-6-8(7)2;1-2/h2*7-8H,3-6H2,1-2H3;1-2H3/t2*7-,8-;/m11./s1. The summed E-state index contributed by atoms with van der Waals surface area (Å²) < 4.78 is 0. The van der Waals surface area contributed by atoms with Crippen molar-refractivity contribution >= 4 is 0 Å². The third kappa shape index (κ3) is 7.44. The van der Waals surface area contributed by atoms with Crippen molar-refractivity contribution < 1.29 is 0 Å². The second-order valence-electron chi connectivity index (χ2n) is 6.48. The predicted molar refractivity (Wildman–Crippen MR) is 84.9 cm³/mol. The van der Waals surface area contributed by atoms with Crippen molar-refractivity contribution in [2.24, 2.45) is 23.7 Å². The topological polar surface area (TPSA) is 0 Å². The molecule has 0 heterocycles. The molecule has 0 aliphatic heterocycles. The average molecular weight is 255 g/mol. The van der Waals surface area contributed by atoms with E-state index < -0.39 is 0 Å². The fourth-order valence-electron chi connectivity index (χ4n) is 3.00. The minimum absolute atomic E-state index is 1.00. The molecule has 4 atom stereocenters. The third-order valence-corrected chi connectivity index (χ3v) is 5.08. The van der Waals surface area contributed by atoms with Crippen LogP contribution in [0, 0.1) is 23.7 Å². The summed E-state index contributed by atoms with van der Waals surface area (Å²) in [4.78, 5) is 0. The first-order valence-corrected chi connectivity index (χ1v) is 8.61. The van der Waals surface area contributed by atoms with Crippen molar-refractivity contribution in [3.8, 4) is 0 Å². The lowest BCUT2D eigenvalue weighted by atomic mass is 9.82. The van der Waals surface area contributed by atoms with E-state index in [-0.39, 0.29) is 0 Å². The van der Waals surface area contributed by atoms with Gasteiger partial charge in [0, 0.05) is 0 Å². The van der Waals surface area contributed by atoms with Crippen LogP contribution in [-0.4, -0.2) is 0 Å². The molecule has 0 aromatic heterocycles. The van der Waals surface area contributed by atoms with Crippen molar-refractivity contribution in [3.05, 3.63) is 0 Å². The summed E-state index contributed by atoms with van der Waals surface area (Å²) in [7, 11) is 0. The third-order valence-electron chi connectivity index (χ3n) is 5.08. The highest BCUT2D eigenvalue weighted by molar-refractivity contribution is 4.68. The van der Waals surface area contributed by atoms with Crippen molar-refractivity contribution in [2.45, 2.75) is 92.9 Å². The number of hydrogen-bond donors (Lipinski definition) is 0. The van der Waals surface area contributed by atoms with Gasteiger partial charge in [0.2, 0.25) is 0 Å². The molecule has 0 aromatic carbocycles. The summed E-state index contributed by atoms with van der Waals surface area (Å²) in [6.45, 7) is 13.5. The van der Waals surface area contributed by atoms with E-state index in [0.717, 1.165) is 23.7 Å². The maximum Gasteiger partial charge on any atom is -0.0417 e. The Balaban J connectivity index is 0.000000283. The molecule has 2 aliphatic rings. The predicted octanol–water partition coefficient (Wildman–Crippen LogP) is 6.69. The summed E-state index contributed by atoms with van der Waals surface area (Å²) in [5, 5.41) is 0. The molecule has 2 fully saturated rings. The largest absolute Gasteiger partial charge is 0.0683 e. The van der Waals surface area contributed by atoms with Gasteiger partial charge in [0.1, 0.15) is 0 Å². The van der Waals surface area contributed by atoms with Crippen LogP contribution in [0.15, 0.2) is 0 Å². The van der Waals surface area contributed by atoms with Gasteiger partial charge in [-0.1, -0.05) is 92.9 Å². The van der Waals surface area contributed by atoms with Crippen LogP contribution in [0.4, 0.5) is 0 Å². The molecule has 110 valence electrons. The van der Waals surface area contributed by atoms with E-state index in [9.17, 15) is 0 Å². The van der Waals surface area contributed by atoms with E-state index in [2.05, 4.69) is 27.7 Å². The number of hydrogen-bond acceptors (Lipinski definition) is 0. The Morgan fingerprint density at radius 2 is 0.611 bits per heavy atom. The summed E-state index contributed by atoms with van der Waals surface area (Å²) >= 11 is 0. The first kappa shape index (κ1) is 18.0. The van der Waals surface area contributed by atoms with Crippen LogP contribution < -0.4 is 0 Å². The van der Waals surface area contributed by atoms with E-state index >= 15 is 0 Å². The average Bonchev–Trinajstić information content (AvgIpc) is 2.40. The Labute approximate surface area is 117 Å². The van der Waals surface area contributed by atoms with E-state index in [0.29, 0.717) is 0 Å². The lowest BCUT2D eigenvalue weighted by molar-refractivity contribution is 0.277. The smallest absolute Gasteiger partial charge is 0.0417 e. The zero-order valence-electron chi connectivity index (χ0n) is 14.0. The van der Waals surface area contributed by atoms with E-state index in [1.165, 1.54) is 51.4 Å². The van der Waals surface area contributed by atoms with Gasteiger partial charge in [-0.3, -0.25) is 0 Å². The monoisotopic (exact) mass is 254 g/mol. The lowest BCUT2D eigenvalue weighted by Gasteiger charge is -2.24. The SMILES string of the molecule is CC.C[C@@H]1CCCC[C@H]1C.C[C@@H]1CCCC[C@H]1C. The van der Waals surface area contributed by atoms with Crippen LogP contribution >= 0.6 is 0 Å². The van der Waals surface area contributed by atoms with Gasteiger partial charge in [-0.2, -0.15) is 0 Å². The van der Waals surface area contributed by atoms with Gasteiger partial charge in [-0.05, 0) is 23.7 Å². The van der Waals surface area contributed by atoms with Crippen LogP contribution in [0.25, 0.3) is 0 Å². The maximum absolute atomic E-state index is 2.38. The highest BCUT2D eigenvalue weighted by Crippen LogP contribution is 2.29.